The molecule has 1 atom stereocenters. The number of hydrogen-bond donors (Lipinski definition) is 1. The zero-order valence-electron chi connectivity index (χ0n) is 18.6. The number of halogens is 1. The van der Waals surface area contributed by atoms with Gasteiger partial charge < -0.3 is 14.8 Å². The Labute approximate surface area is 197 Å². The molecule has 2 heterocycles. The van der Waals surface area contributed by atoms with Gasteiger partial charge in [-0.05, 0) is 63.4 Å². The van der Waals surface area contributed by atoms with Gasteiger partial charge in [-0.15, -0.1) is 11.3 Å². The van der Waals surface area contributed by atoms with Gasteiger partial charge in [0, 0.05) is 43.7 Å². The molecule has 0 unspecified atom stereocenters. The first-order valence-electron chi connectivity index (χ1n) is 10.6. The van der Waals surface area contributed by atoms with Crippen molar-refractivity contribution in [2.45, 2.75) is 52.6 Å². The summed E-state index contributed by atoms with van der Waals surface area (Å²) in [6.07, 6.45) is 2.13. The number of rotatable bonds is 5. The summed E-state index contributed by atoms with van der Waals surface area (Å²) < 4.78 is 11.1. The maximum atomic E-state index is 12.9. The highest BCUT2D eigenvalue weighted by Crippen LogP contribution is 2.45. The van der Waals surface area contributed by atoms with E-state index < -0.39 is 11.9 Å². The molecule has 0 saturated heterocycles. The van der Waals surface area contributed by atoms with Crippen LogP contribution >= 0.6 is 22.9 Å². The number of carbonyl (C=O) groups is 2. The Bertz CT molecular complexity index is 1160. The van der Waals surface area contributed by atoms with E-state index in [4.69, 9.17) is 21.1 Å². The zero-order valence-corrected chi connectivity index (χ0v) is 20.2. The molecule has 0 fully saturated rings. The quantitative estimate of drug-likeness (QED) is 0.563. The molecule has 2 aliphatic rings. The van der Waals surface area contributed by atoms with Crippen LogP contribution in [0.2, 0.25) is 5.02 Å². The first kappa shape index (κ1) is 22.6. The Hall–Kier alpha value is -2.57. The molecule has 1 aromatic carbocycles. The lowest BCUT2D eigenvalue weighted by Gasteiger charge is -2.33. The van der Waals surface area contributed by atoms with Crippen molar-refractivity contribution in [3.05, 3.63) is 72.7 Å². The summed E-state index contributed by atoms with van der Waals surface area (Å²) in [4.78, 5) is 27.7. The smallest absolute Gasteiger partial charge is 0.336 e. The van der Waals surface area contributed by atoms with E-state index in [1.807, 2.05) is 39.0 Å². The number of dihydropyridines is 1. The minimum atomic E-state index is -0.416. The van der Waals surface area contributed by atoms with Crippen LogP contribution in [0.4, 0.5) is 0 Å². The van der Waals surface area contributed by atoms with Crippen molar-refractivity contribution < 1.29 is 19.1 Å². The van der Waals surface area contributed by atoms with Crippen LogP contribution in [-0.2, 0) is 20.9 Å². The summed E-state index contributed by atoms with van der Waals surface area (Å²) in [7, 11) is 1.37. The molecule has 32 heavy (non-hydrogen) atoms. The van der Waals surface area contributed by atoms with Crippen molar-refractivity contribution in [3.63, 3.8) is 0 Å². The highest BCUT2D eigenvalue weighted by molar-refractivity contribution is 7.12. The maximum absolute atomic E-state index is 12.9. The molecule has 5 nitrogen and oxygen atoms in total. The third-order valence-electron chi connectivity index (χ3n) is 6.03. The molecule has 0 bridgehead atoms. The van der Waals surface area contributed by atoms with E-state index in [9.17, 15) is 9.59 Å². The molecule has 0 amide bonds. The lowest BCUT2D eigenvalue weighted by atomic mass is 9.78. The SMILES string of the molecule is COC(=O)C1=C(C)NC2=C(C(=O)CCC2)[C@@H]1c1cc(COc2ccc(Cl)cc2C)c(C)s1. The first-order valence-corrected chi connectivity index (χ1v) is 11.8. The second-order valence-electron chi connectivity index (χ2n) is 8.19. The number of nitrogens with one attached hydrogen (secondary N) is 1. The second kappa shape index (κ2) is 9.12. The largest absolute Gasteiger partial charge is 0.489 e. The maximum Gasteiger partial charge on any atom is 0.336 e. The van der Waals surface area contributed by atoms with E-state index in [-0.39, 0.29) is 5.78 Å². The summed E-state index contributed by atoms with van der Waals surface area (Å²) in [5, 5.41) is 3.97. The summed E-state index contributed by atoms with van der Waals surface area (Å²) in [5.41, 5.74) is 4.88. The van der Waals surface area contributed by atoms with Crippen molar-refractivity contribution >= 4 is 34.7 Å². The number of benzene rings is 1. The molecular weight excluding hydrogens is 446 g/mol. The molecule has 4 rings (SSSR count). The van der Waals surface area contributed by atoms with E-state index >= 15 is 0 Å². The number of thiophene rings is 1. The molecule has 0 saturated carbocycles. The highest BCUT2D eigenvalue weighted by atomic mass is 35.5. The van der Waals surface area contributed by atoms with Crippen LogP contribution in [0, 0.1) is 13.8 Å². The molecule has 7 heteroatoms. The molecule has 0 spiro atoms. The van der Waals surface area contributed by atoms with Gasteiger partial charge >= 0.3 is 5.97 Å². The highest BCUT2D eigenvalue weighted by Gasteiger charge is 2.39. The summed E-state index contributed by atoms with van der Waals surface area (Å²) >= 11 is 7.64. The van der Waals surface area contributed by atoms with Gasteiger partial charge in [-0.2, -0.15) is 0 Å². The first-order chi connectivity index (χ1) is 15.3. The topological polar surface area (TPSA) is 64.6 Å². The average Bonchev–Trinajstić information content (AvgIpc) is 3.12. The van der Waals surface area contributed by atoms with E-state index in [1.165, 1.54) is 7.11 Å². The molecule has 1 aliphatic heterocycles. The molecule has 1 N–H and O–H groups in total. The fourth-order valence-corrected chi connectivity index (χ4v) is 5.79. The van der Waals surface area contributed by atoms with Crippen LogP contribution in [0.1, 0.15) is 53.0 Å². The fourth-order valence-electron chi connectivity index (χ4n) is 4.41. The van der Waals surface area contributed by atoms with Crippen molar-refractivity contribution in [2.24, 2.45) is 0 Å². The minimum absolute atomic E-state index is 0.0956. The number of esters is 1. The number of Topliss-reactive ketones (excluding diaryl/α,β-unsaturated/α-hetero) is 1. The van der Waals surface area contributed by atoms with Gasteiger partial charge in [-0.25, -0.2) is 4.79 Å². The predicted molar refractivity (Wildman–Crippen MR) is 126 cm³/mol. The lowest BCUT2D eigenvalue weighted by molar-refractivity contribution is -0.136. The Balaban J connectivity index is 1.70. The number of aryl methyl sites for hydroxylation is 2. The standard InChI is InChI=1S/C25H26ClNO4S/c1-13-10-17(26)8-9-20(13)31-12-16-11-21(32-15(16)3)24-22(25(29)30-4)14(2)27-18-6-5-7-19(28)23(18)24/h8-11,24,27H,5-7,12H2,1-4H3/t24-/m1/s1. The van der Waals surface area contributed by atoms with E-state index in [0.29, 0.717) is 29.2 Å². The van der Waals surface area contributed by atoms with Gasteiger partial charge in [0.1, 0.15) is 12.4 Å². The van der Waals surface area contributed by atoms with Crippen molar-refractivity contribution in [3.8, 4) is 5.75 Å². The van der Waals surface area contributed by atoms with Crippen LogP contribution < -0.4 is 10.1 Å². The van der Waals surface area contributed by atoms with Crippen LogP contribution in [0.15, 0.2) is 46.8 Å². The Morgan fingerprint density at radius 3 is 2.72 bits per heavy atom. The number of ether oxygens (including phenoxy) is 2. The third kappa shape index (κ3) is 4.21. The number of ketones is 1. The monoisotopic (exact) mass is 471 g/mol. The van der Waals surface area contributed by atoms with Gasteiger partial charge in [0.15, 0.2) is 5.78 Å². The van der Waals surface area contributed by atoms with Crippen LogP contribution in [0.3, 0.4) is 0 Å². The van der Waals surface area contributed by atoms with Gasteiger partial charge in [-0.3, -0.25) is 4.79 Å². The number of hydrogen-bond acceptors (Lipinski definition) is 6. The van der Waals surface area contributed by atoms with E-state index in [1.54, 1.807) is 11.3 Å². The average molecular weight is 472 g/mol. The number of allylic oxidation sites excluding steroid dienone is 3. The fraction of sp³-hybridized carbons (Fsp3) is 0.360. The molecule has 1 aromatic heterocycles. The van der Waals surface area contributed by atoms with Crippen molar-refractivity contribution in [1.82, 2.24) is 5.32 Å². The van der Waals surface area contributed by atoms with Gasteiger partial charge in [0.2, 0.25) is 0 Å². The molecular formula is C25H26ClNO4S. The Kier molecular flexibility index (Phi) is 6.45. The predicted octanol–water partition coefficient (Wildman–Crippen LogP) is 5.74. The zero-order chi connectivity index (χ0) is 23.0. The van der Waals surface area contributed by atoms with Crippen molar-refractivity contribution in [2.75, 3.05) is 7.11 Å². The third-order valence-corrected chi connectivity index (χ3v) is 7.42. The van der Waals surface area contributed by atoms with Gasteiger partial charge in [0.25, 0.3) is 0 Å². The number of carbonyl (C=O) groups excluding carboxylic acids is 2. The van der Waals surface area contributed by atoms with Gasteiger partial charge in [0.05, 0.1) is 18.6 Å². The Morgan fingerprint density at radius 1 is 1.22 bits per heavy atom. The molecule has 168 valence electrons. The minimum Gasteiger partial charge on any atom is -0.489 e. The molecule has 0 radical (unpaired) electrons. The molecule has 2 aromatic rings. The summed E-state index contributed by atoms with van der Waals surface area (Å²) in [6, 6.07) is 7.61. The van der Waals surface area contributed by atoms with Crippen LogP contribution in [0.25, 0.3) is 0 Å². The number of methoxy groups -OCH3 is 1. The summed E-state index contributed by atoms with van der Waals surface area (Å²) in [6.45, 7) is 6.26. The van der Waals surface area contributed by atoms with E-state index in [2.05, 4.69) is 11.4 Å². The lowest BCUT2D eigenvalue weighted by Crippen LogP contribution is -2.33. The van der Waals surface area contributed by atoms with Gasteiger partial charge in [-0.1, -0.05) is 11.6 Å². The second-order valence-corrected chi connectivity index (χ2v) is 9.91. The Morgan fingerprint density at radius 2 is 2.00 bits per heavy atom. The molecule has 1 aliphatic carbocycles. The normalized spacial score (nSPS) is 18.4. The van der Waals surface area contributed by atoms with Crippen LogP contribution in [-0.4, -0.2) is 18.9 Å². The summed E-state index contributed by atoms with van der Waals surface area (Å²) in [5.74, 6) is 0.0481. The van der Waals surface area contributed by atoms with E-state index in [0.717, 1.165) is 50.9 Å². The van der Waals surface area contributed by atoms with Crippen LogP contribution in [0.5, 0.6) is 5.75 Å². The van der Waals surface area contributed by atoms with Crippen molar-refractivity contribution in [1.29, 1.82) is 0 Å².